The lowest BCUT2D eigenvalue weighted by atomic mass is 10.1. The smallest absolute Gasteiger partial charge is 0.194 e. The van der Waals surface area contributed by atoms with E-state index in [2.05, 4.69) is 27.3 Å². The summed E-state index contributed by atoms with van der Waals surface area (Å²) in [5.74, 6) is 1.79. The van der Waals surface area contributed by atoms with Gasteiger partial charge in [-0.2, -0.15) is 0 Å². The SMILES string of the molecule is CCNC(=NCc1nnc2ccccn12)N1CCC(OCC2CCCCO2)CC1.I. The van der Waals surface area contributed by atoms with Crippen molar-refractivity contribution in [3.63, 3.8) is 0 Å². The number of aliphatic imine (C=N–C) groups is 1. The van der Waals surface area contributed by atoms with Crippen LogP contribution in [0.15, 0.2) is 29.4 Å². The number of rotatable bonds is 6. The first-order valence-electron chi connectivity index (χ1n) is 10.9. The van der Waals surface area contributed by atoms with E-state index >= 15 is 0 Å². The number of piperidine rings is 1. The van der Waals surface area contributed by atoms with Crippen LogP contribution in [0.5, 0.6) is 0 Å². The van der Waals surface area contributed by atoms with Crippen LogP contribution in [0.2, 0.25) is 0 Å². The summed E-state index contributed by atoms with van der Waals surface area (Å²) in [4.78, 5) is 7.14. The lowest BCUT2D eigenvalue weighted by Gasteiger charge is -2.35. The third-order valence-corrected chi connectivity index (χ3v) is 5.62. The predicted octanol–water partition coefficient (Wildman–Crippen LogP) is 2.86. The maximum atomic E-state index is 6.14. The Morgan fingerprint density at radius 2 is 2.10 bits per heavy atom. The van der Waals surface area contributed by atoms with Crippen molar-refractivity contribution < 1.29 is 9.47 Å². The first kappa shape index (κ1) is 23.2. The maximum absolute atomic E-state index is 6.14. The van der Waals surface area contributed by atoms with Crippen molar-refractivity contribution in [2.75, 3.05) is 32.8 Å². The highest BCUT2D eigenvalue weighted by Crippen LogP contribution is 2.18. The van der Waals surface area contributed by atoms with E-state index in [1.165, 1.54) is 12.8 Å². The summed E-state index contributed by atoms with van der Waals surface area (Å²) >= 11 is 0. The minimum atomic E-state index is 0. The Kier molecular flexibility index (Phi) is 9.13. The van der Waals surface area contributed by atoms with Crippen LogP contribution in [-0.4, -0.2) is 70.5 Å². The van der Waals surface area contributed by atoms with Gasteiger partial charge in [-0.15, -0.1) is 34.2 Å². The molecule has 1 unspecified atom stereocenters. The van der Waals surface area contributed by atoms with Crippen LogP contribution in [0.25, 0.3) is 5.65 Å². The molecular formula is C21H33IN6O2. The van der Waals surface area contributed by atoms with E-state index in [0.29, 0.717) is 18.8 Å². The molecule has 8 nitrogen and oxygen atoms in total. The molecule has 0 saturated carbocycles. The summed E-state index contributed by atoms with van der Waals surface area (Å²) in [6.07, 6.45) is 8.20. The fourth-order valence-corrected chi connectivity index (χ4v) is 3.99. The normalized spacial score (nSPS) is 20.9. The number of likely N-dealkylation sites (tertiary alicyclic amines) is 1. The quantitative estimate of drug-likeness (QED) is 0.353. The molecule has 4 heterocycles. The highest BCUT2D eigenvalue weighted by Gasteiger charge is 2.24. The summed E-state index contributed by atoms with van der Waals surface area (Å²) in [5, 5.41) is 11.9. The van der Waals surface area contributed by atoms with E-state index in [-0.39, 0.29) is 24.0 Å². The number of fused-ring (bicyclic) bond motifs is 1. The van der Waals surface area contributed by atoms with Gasteiger partial charge in [0, 0.05) is 32.4 Å². The number of ether oxygens (including phenoxy) is 2. The zero-order valence-corrected chi connectivity index (χ0v) is 20.0. The molecule has 9 heteroatoms. The predicted molar refractivity (Wildman–Crippen MR) is 127 cm³/mol. The molecule has 1 atom stereocenters. The second-order valence-corrected chi connectivity index (χ2v) is 7.72. The largest absolute Gasteiger partial charge is 0.376 e. The minimum absolute atomic E-state index is 0. The fourth-order valence-electron chi connectivity index (χ4n) is 3.99. The van der Waals surface area contributed by atoms with Crippen LogP contribution in [0.4, 0.5) is 0 Å². The molecule has 1 N–H and O–H groups in total. The van der Waals surface area contributed by atoms with E-state index in [0.717, 1.165) is 69.5 Å². The number of hydrogen-bond donors (Lipinski definition) is 1. The molecule has 0 amide bonds. The van der Waals surface area contributed by atoms with Gasteiger partial charge in [0.1, 0.15) is 6.54 Å². The molecule has 2 aliphatic heterocycles. The van der Waals surface area contributed by atoms with Crippen LogP contribution in [0.1, 0.15) is 44.9 Å². The van der Waals surface area contributed by atoms with Gasteiger partial charge in [0.05, 0.1) is 18.8 Å². The first-order valence-corrected chi connectivity index (χ1v) is 10.9. The maximum Gasteiger partial charge on any atom is 0.194 e. The van der Waals surface area contributed by atoms with Gasteiger partial charge in [-0.3, -0.25) is 4.40 Å². The molecule has 0 aromatic carbocycles. The number of aromatic nitrogens is 3. The van der Waals surface area contributed by atoms with Crippen molar-refractivity contribution in [1.82, 2.24) is 24.8 Å². The van der Waals surface area contributed by atoms with Crippen molar-refractivity contribution in [1.29, 1.82) is 0 Å². The van der Waals surface area contributed by atoms with Crippen molar-refractivity contribution >= 4 is 35.6 Å². The molecule has 0 spiro atoms. The Balaban J connectivity index is 0.00000256. The lowest BCUT2D eigenvalue weighted by molar-refractivity contribution is -0.0721. The highest BCUT2D eigenvalue weighted by atomic mass is 127. The molecule has 2 aromatic heterocycles. The van der Waals surface area contributed by atoms with Crippen molar-refractivity contribution in [3.8, 4) is 0 Å². The number of nitrogens with zero attached hydrogens (tertiary/aromatic N) is 5. The van der Waals surface area contributed by atoms with Crippen LogP contribution < -0.4 is 5.32 Å². The van der Waals surface area contributed by atoms with Gasteiger partial charge < -0.3 is 19.7 Å². The summed E-state index contributed by atoms with van der Waals surface area (Å²) < 4.78 is 13.9. The third-order valence-electron chi connectivity index (χ3n) is 5.62. The van der Waals surface area contributed by atoms with Gasteiger partial charge in [0.2, 0.25) is 0 Å². The lowest BCUT2D eigenvalue weighted by Crippen LogP contribution is -2.47. The van der Waals surface area contributed by atoms with Crippen molar-refractivity contribution in [2.24, 2.45) is 4.99 Å². The van der Waals surface area contributed by atoms with E-state index in [1.54, 1.807) is 0 Å². The van der Waals surface area contributed by atoms with Crippen LogP contribution >= 0.6 is 24.0 Å². The fraction of sp³-hybridized carbons (Fsp3) is 0.667. The molecule has 0 aliphatic carbocycles. The Morgan fingerprint density at radius 1 is 1.23 bits per heavy atom. The second-order valence-electron chi connectivity index (χ2n) is 7.72. The van der Waals surface area contributed by atoms with Gasteiger partial charge >= 0.3 is 0 Å². The highest BCUT2D eigenvalue weighted by molar-refractivity contribution is 14.0. The molecule has 2 fully saturated rings. The number of nitrogens with one attached hydrogen (secondary N) is 1. The van der Waals surface area contributed by atoms with Gasteiger partial charge in [-0.25, -0.2) is 4.99 Å². The topological polar surface area (TPSA) is 76.3 Å². The van der Waals surface area contributed by atoms with Crippen molar-refractivity contribution in [2.45, 2.75) is 57.8 Å². The van der Waals surface area contributed by atoms with Crippen molar-refractivity contribution in [3.05, 3.63) is 30.2 Å². The van der Waals surface area contributed by atoms with Crippen LogP contribution in [0, 0.1) is 0 Å². The molecule has 2 aliphatic rings. The second kappa shape index (κ2) is 11.8. The van der Waals surface area contributed by atoms with E-state index in [4.69, 9.17) is 14.5 Å². The van der Waals surface area contributed by atoms with Gasteiger partial charge in [0.15, 0.2) is 17.4 Å². The van der Waals surface area contributed by atoms with E-state index in [9.17, 15) is 0 Å². The third kappa shape index (κ3) is 6.04. The Bertz CT molecular complexity index is 800. The van der Waals surface area contributed by atoms with E-state index < -0.39 is 0 Å². The molecular weight excluding hydrogens is 495 g/mol. The van der Waals surface area contributed by atoms with E-state index in [1.807, 2.05) is 28.8 Å². The zero-order chi connectivity index (χ0) is 19.9. The van der Waals surface area contributed by atoms with Crippen LogP contribution in [0.3, 0.4) is 0 Å². The molecule has 166 valence electrons. The Morgan fingerprint density at radius 3 is 2.87 bits per heavy atom. The molecule has 30 heavy (non-hydrogen) atoms. The molecule has 0 radical (unpaired) electrons. The molecule has 0 bridgehead atoms. The summed E-state index contributed by atoms with van der Waals surface area (Å²) in [6, 6.07) is 5.90. The monoisotopic (exact) mass is 528 g/mol. The average molecular weight is 528 g/mol. The van der Waals surface area contributed by atoms with Crippen LogP contribution in [-0.2, 0) is 16.0 Å². The Labute approximate surface area is 195 Å². The molecule has 2 saturated heterocycles. The summed E-state index contributed by atoms with van der Waals surface area (Å²) in [7, 11) is 0. The number of guanidine groups is 1. The minimum Gasteiger partial charge on any atom is -0.376 e. The van der Waals surface area contributed by atoms with Gasteiger partial charge in [-0.1, -0.05) is 6.07 Å². The zero-order valence-electron chi connectivity index (χ0n) is 17.7. The number of pyridine rings is 1. The summed E-state index contributed by atoms with van der Waals surface area (Å²) in [5.41, 5.74) is 0.850. The van der Waals surface area contributed by atoms with Gasteiger partial charge in [-0.05, 0) is 51.2 Å². The first-order chi connectivity index (χ1) is 14.3. The summed E-state index contributed by atoms with van der Waals surface area (Å²) in [6.45, 7) is 6.96. The standard InChI is InChI=1S/C21H32N6O2.HI/c1-2-22-21(23-15-20-25-24-19-8-3-5-11-27(19)20)26-12-9-17(10-13-26)29-16-18-7-4-6-14-28-18;/h3,5,8,11,17-18H,2,4,6-7,9-10,12-16H2,1H3,(H,22,23);1H. The molecule has 4 rings (SSSR count). The molecule has 2 aromatic rings. The number of halogens is 1. The van der Waals surface area contributed by atoms with Gasteiger partial charge in [0.25, 0.3) is 0 Å². The Hall–Kier alpha value is -1.46. The average Bonchev–Trinajstić information content (AvgIpc) is 3.19. The number of hydrogen-bond acceptors (Lipinski definition) is 5.